The summed E-state index contributed by atoms with van der Waals surface area (Å²) < 4.78 is 3.74. The largest absolute Gasteiger partial charge is 0.303 e. The zero-order chi connectivity index (χ0) is 16.2. The molecule has 0 N–H and O–H groups in total. The maximum absolute atomic E-state index is 9.06. The zero-order valence-corrected chi connectivity index (χ0v) is 13.0. The first-order valence-electron chi connectivity index (χ1n) is 7.38. The van der Waals surface area contributed by atoms with Gasteiger partial charge in [0.2, 0.25) is 0 Å². The number of hydrogen-bond acceptors (Lipinski definition) is 6. The molecule has 3 aromatic rings. The molecule has 0 amide bonds. The topological polar surface area (TPSA) is 98.1 Å². The highest BCUT2D eigenvalue weighted by molar-refractivity contribution is 5.58. The van der Waals surface area contributed by atoms with Crippen molar-refractivity contribution >= 4 is 0 Å². The number of tetrazole rings is 1. The number of benzene rings is 1. The van der Waals surface area contributed by atoms with Gasteiger partial charge in [0.15, 0.2) is 11.6 Å². The molecule has 116 valence electrons. The summed E-state index contributed by atoms with van der Waals surface area (Å²) in [5, 5.41) is 29.3. The Morgan fingerprint density at radius 1 is 1.22 bits per heavy atom. The van der Waals surface area contributed by atoms with Crippen molar-refractivity contribution in [3.8, 4) is 17.5 Å². The number of nitriles is 1. The van der Waals surface area contributed by atoms with Crippen LogP contribution in [0, 0.1) is 18.3 Å². The van der Waals surface area contributed by atoms with Crippen molar-refractivity contribution in [2.24, 2.45) is 0 Å². The summed E-state index contributed by atoms with van der Waals surface area (Å²) in [6.07, 6.45) is 0.955. The molecule has 8 nitrogen and oxygen atoms in total. The molecule has 2 aromatic heterocycles. The third kappa shape index (κ3) is 2.94. The molecule has 23 heavy (non-hydrogen) atoms. The molecule has 0 radical (unpaired) electrons. The Morgan fingerprint density at radius 3 is 2.87 bits per heavy atom. The third-order valence-corrected chi connectivity index (χ3v) is 3.53. The minimum absolute atomic E-state index is 0.484. The molecule has 0 aliphatic rings. The van der Waals surface area contributed by atoms with E-state index in [1.165, 1.54) is 0 Å². The molecule has 0 aliphatic heterocycles. The molecule has 3 rings (SSSR count). The lowest BCUT2D eigenvalue weighted by Crippen LogP contribution is -2.12. The first-order valence-corrected chi connectivity index (χ1v) is 7.38. The molecule has 0 fully saturated rings. The lowest BCUT2D eigenvalue weighted by atomic mass is 10.1. The number of nitrogens with zero attached hydrogens (tertiary/aromatic N) is 8. The van der Waals surface area contributed by atoms with E-state index in [0.717, 1.165) is 30.2 Å². The second kappa shape index (κ2) is 6.36. The van der Waals surface area contributed by atoms with Gasteiger partial charge in [0.1, 0.15) is 5.82 Å². The first kappa shape index (κ1) is 14.8. The number of rotatable bonds is 5. The van der Waals surface area contributed by atoms with E-state index in [2.05, 4.69) is 38.7 Å². The minimum atomic E-state index is 0.484. The Morgan fingerprint density at radius 2 is 2.09 bits per heavy atom. The normalized spacial score (nSPS) is 10.7. The predicted octanol–water partition coefficient (Wildman–Crippen LogP) is 1.57. The number of hydrogen-bond donors (Lipinski definition) is 0. The second-order valence-corrected chi connectivity index (χ2v) is 5.17. The first-order chi connectivity index (χ1) is 11.2. The fraction of sp³-hybridized carbons (Fsp3) is 0.333. The molecule has 0 spiro atoms. The molecular weight excluding hydrogens is 292 g/mol. The van der Waals surface area contributed by atoms with Crippen molar-refractivity contribution < 1.29 is 0 Å². The van der Waals surface area contributed by atoms with Gasteiger partial charge >= 0.3 is 0 Å². The highest BCUT2D eigenvalue weighted by Crippen LogP contribution is 2.20. The SMILES string of the molecule is CCCn1nnnc1Cn1c(C)nnc1-c1cccc(C#N)c1. The van der Waals surface area contributed by atoms with Crippen LogP contribution in [0.4, 0.5) is 0 Å². The van der Waals surface area contributed by atoms with Crippen LogP contribution in [-0.4, -0.2) is 35.0 Å². The van der Waals surface area contributed by atoms with Gasteiger partial charge in [-0.1, -0.05) is 19.1 Å². The molecule has 0 unspecified atom stereocenters. The highest BCUT2D eigenvalue weighted by Gasteiger charge is 2.15. The van der Waals surface area contributed by atoms with E-state index in [-0.39, 0.29) is 0 Å². The van der Waals surface area contributed by atoms with E-state index in [9.17, 15) is 0 Å². The lowest BCUT2D eigenvalue weighted by molar-refractivity contribution is 0.542. The summed E-state index contributed by atoms with van der Waals surface area (Å²) in [4.78, 5) is 0. The van der Waals surface area contributed by atoms with Gasteiger partial charge in [0.25, 0.3) is 0 Å². The van der Waals surface area contributed by atoms with Crippen LogP contribution in [0.2, 0.25) is 0 Å². The van der Waals surface area contributed by atoms with Gasteiger partial charge in [-0.2, -0.15) is 5.26 Å². The highest BCUT2D eigenvalue weighted by atomic mass is 15.5. The summed E-state index contributed by atoms with van der Waals surface area (Å²) in [5.74, 6) is 2.23. The standard InChI is InChI=1S/C15H16N8/c1-3-7-23-14(18-20-21-23)10-22-11(2)17-19-15(22)13-6-4-5-12(8-13)9-16/h4-6,8H,3,7,10H2,1-2H3. The van der Waals surface area contributed by atoms with Crippen molar-refractivity contribution in [1.29, 1.82) is 5.26 Å². The Bertz CT molecular complexity index is 854. The van der Waals surface area contributed by atoms with Gasteiger partial charge in [-0.15, -0.1) is 15.3 Å². The molecule has 0 bridgehead atoms. The van der Waals surface area contributed by atoms with Crippen LogP contribution in [0.3, 0.4) is 0 Å². The molecule has 8 heteroatoms. The van der Waals surface area contributed by atoms with E-state index in [0.29, 0.717) is 17.9 Å². The monoisotopic (exact) mass is 308 g/mol. The molecular formula is C15H16N8. The van der Waals surface area contributed by atoms with Crippen LogP contribution in [0.25, 0.3) is 11.4 Å². The Kier molecular flexibility index (Phi) is 4.10. The van der Waals surface area contributed by atoms with Crippen LogP contribution in [0.1, 0.15) is 30.6 Å². The summed E-state index contributed by atoms with van der Waals surface area (Å²) in [5.41, 5.74) is 1.43. The van der Waals surface area contributed by atoms with Crippen LogP contribution >= 0.6 is 0 Å². The van der Waals surface area contributed by atoms with Gasteiger partial charge in [0, 0.05) is 12.1 Å². The number of aryl methyl sites for hydroxylation is 2. The van der Waals surface area contributed by atoms with Crippen molar-refractivity contribution in [2.45, 2.75) is 33.4 Å². The summed E-state index contributed by atoms with van der Waals surface area (Å²) in [6.45, 7) is 5.22. The van der Waals surface area contributed by atoms with E-state index >= 15 is 0 Å². The maximum Gasteiger partial charge on any atom is 0.171 e. The summed E-state index contributed by atoms with van der Waals surface area (Å²) in [7, 11) is 0. The number of aromatic nitrogens is 7. The van der Waals surface area contributed by atoms with Gasteiger partial charge in [-0.25, -0.2) is 4.68 Å². The van der Waals surface area contributed by atoms with Crippen LogP contribution in [0.15, 0.2) is 24.3 Å². The minimum Gasteiger partial charge on any atom is -0.303 e. The molecule has 0 saturated heterocycles. The van der Waals surface area contributed by atoms with Crippen molar-refractivity contribution in [1.82, 2.24) is 35.0 Å². The van der Waals surface area contributed by atoms with Crippen LogP contribution < -0.4 is 0 Å². The smallest absolute Gasteiger partial charge is 0.171 e. The van der Waals surface area contributed by atoms with Crippen molar-refractivity contribution in [3.63, 3.8) is 0 Å². The Balaban J connectivity index is 1.99. The van der Waals surface area contributed by atoms with Crippen molar-refractivity contribution in [3.05, 3.63) is 41.5 Å². The van der Waals surface area contributed by atoms with Gasteiger partial charge < -0.3 is 4.57 Å². The molecule has 2 heterocycles. The maximum atomic E-state index is 9.06. The predicted molar refractivity (Wildman–Crippen MR) is 82.1 cm³/mol. The van der Waals surface area contributed by atoms with Crippen LogP contribution in [-0.2, 0) is 13.1 Å². The van der Waals surface area contributed by atoms with Crippen molar-refractivity contribution in [2.75, 3.05) is 0 Å². The Labute approximate surface area is 133 Å². The molecule has 0 atom stereocenters. The third-order valence-electron chi connectivity index (χ3n) is 3.53. The fourth-order valence-corrected chi connectivity index (χ4v) is 2.38. The zero-order valence-electron chi connectivity index (χ0n) is 13.0. The van der Waals surface area contributed by atoms with E-state index in [1.54, 1.807) is 16.8 Å². The van der Waals surface area contributed by atoms with E-state index in [4.69, 9.17) is 5.26 Å². The summed E-state index contributed by atoms with van der Waals surface area (Å²) >= 11 is 0. The summed E-state index contributed by atoms with van der Waals surface area (Å²) in [6, 6.07) is 9.45. The lowest BCUT2D eigenvalue weighted by Gasteiger charge is -2.09. The van der Waals surface area contributed by atoms with Gasteiger partial charge in [-0.3, -0.25) is 0 Å². The quantitative estimate of drug-likeness (QED) is 0.709. The Hall–Kier alpha value is -3.08. The molecule has 1 aromatic carbocycles. The van der Waals surface area contributed by atoms with Crippen LogP contribution in [0.5, 0.6) is 0 Å². The fourth-order valence-electron chi connectivity index (χ4n) is 2.38. The van der Waals surface area contributed by atoms with E-state index < -0.39 is 0 Å². The average Bonchev–Trinajstić information content (AvgIpc) is 3.16. The van der Waals surface area contributed by atoms with E-state index in [1.807, 2.05) is 23.6 Å². The molecule has 0 saturated carbocycles. The van der Waals surface area contributed by atoms with Gasteiger partial charge in [-0.05, 0) is 35.9 Å². The second-order valence-electron chi connectivity index (χ2n) is 5.17. The average molecular weight is 308 g/mol. The molecule has 0 aliphatic carbocycles. The van der Waals surface area contributed by atoms with Gasteiger partial charge in [0.05, 0.1) is 18.2 Å².